The van der Waals surface area contributed by atoms with Crippen molar-refractivity contribution in [3.63, 3.8) is 0 Å². The van der Waals surface area contributed by atoms with Crippen molar-refractivity contribution in [2.75, 3.05) is 25.7 Å². The average Bonchev–Trinajstić information content (AvgIpc) is 3.08. The second-order valence-corrected chi connectivity index (χ2v) is 15.7. The maximum atomic E-state index is 14.0. The van der Waals surface area contributed by atoms with Gasteiger partial charge in [0.05, 0.1) is 25.1 Å². The van der Waals surface area contributed by atoms with E-state index in [2.05, 4.69) is 21.3 Å². The smallest absolute Gasteiger partial charge is 0.311 e. The number of phenols is 1. The normalized spacial score (nSPS) is 27.9. The second-order valence-electron chi connectivity index (χ2n) is 14.7. The Kier molecular flexibility index (Phi) is 12.3. The first-order chi connectivity index (χ1) is 23.9. The van der Waals surface area contributed by atoms with Crippen molar-refractivity contribution < 1.29 is 33.8 Å². The Labute approximate surface area is 298 Å². The predicted octanol–water partition coefficient (Wildman–Crippen LogP) is 2.25. The molecule has 13 heteroatoms. The van der Waals surface area contributed by atoms with E-state index in [9.17, 15) is 29.1 Å². The lowest BCUT2D eigenvalue weighted by Crippen LogP contribution is -2.66. The first kappa shape index (κ1) is 37.4. The van der Waals surface area contributed by atoms with Crippen molar-refractivity contribution >= 4 is 41.4 Å². The van der Waals surface area contributed by atoms with Gasteiger partial charge in [-0.05, 0) is 112 Å². The Morgan fingerprint density at radius 2 is 1.70 bits per heavy atom. The molecule has 4 saturated carbocycles. The fraction of sp³-hybridized carbons (Fsp3) is 0.595. The third-order valence-corrected chi connectivity index (χ3v) is 11.4. The summed E-state index contributed by atoms with van der Waals surface area (Å²) in [5.41, 5.74) is 5.79. The third kappa shape index (κ3) is 9.28. The summed E-state index contributed by atoms with van der Waals surface area (Å²) < 4.78 is 5.24. The molecule has 50 heavy (non-hydrogen) atoms. The first-order valence-electron chi connectivity index (χ1n) is 17.6. The molecular weight excluding hydrogens is 659 g/mol. The molecule has 5 aliphatic rings. The number of benzene rings is 1. The number of hydrogen-bond acceptors (Lipinski definition) is 9. The van der Waals surface area contributed by atoms with Gasteiger partial charge in [-0.3, -0.25) is 24.0 Å². The van der Waals surface area contributed by atoms with Gasteiger partial charge in [0.25, 0.3) is 0 Å². The van der Waals surface area contributed by atoms with Gasteiger partial charge < -0.3 is 36.8 Å². The minimum Gasteiger partial charge on any atom is -0.508 e. The van der Waals surface area contributed by atoms with E-state index in [-0.39, 0.29) is 36.5 Å². The number of aromatic hydroxyl groups is 1. The highest BCUT2D eigenvalue weighted by atomic mass is 32.2. The zero-order chi connectivity index (χ0) is 35.9. The molecule has 0 aromatic heterocycles. The number of ether oxygens (including phenoxy) is 1. The zero-order valence-electron chi connectivity index (χ0n) is 29.0. The van der Waals surface area contributed by atoms with Crippen molar-refractivity contribution in [3.8, 4) is 5.75 Å². The van der Waals surface area contributed by atoms with E-state index >= 15 is 0 Å². The largest absolute Gasteiger partial charge is 0.508 e. The Bertz CT molecular complexity index is 1470. The van der Waals surface area contributed by atoms with Crippen LogP contribution in [0.15, 0.2) is 48.6 Å². The molecule has 272 valence electrons. The fourth-order valence-corrected chi connectivity index (χ4v) is 9.32. The predicted molar refractivity (Wildman–Crippen MR) is 191 cm³/mol. The van der Waals surface area contributed by atoms with Crippen LogP contribution in [0.3, 0.4) is 0 Å². The van der Waals surface area contributed by atoms with E-state index in [4.69, 9.17) is 10.5 Å². The number of phenolic OH excluding ortho intramolecular Hbond substituents is 1. The number of carbonyl (C=O) groups excluding carboxylic acids is 5. The number of rotatable bonds is 16. The van der Waals surface area contributed by atoms with E-state index in [0.717, 1.165) is 44.1 Å². The van der Waals surface area contributed by atoms with Crippen LogP contribution in [0.2, 0.25) is 0 Å². The van der Waals surface area contributed by atoms with Crippen molar-refractivity contribution in [1.82, 2.24) is 21.3 Å². The summed E-state index contributed by atoms with van der Waals surface area (Å²) in [4.78, 5) is 66.5. The van der Waals surface area contributed by atoms with Crippen molar-refractivity contribution in [2.45, 2.75) is 87.9 Å². The van der Waals surface area contributed by atoms with Gasteiger partial charge in [-0.1, -0.05) is 36.4 Å². The van der Waals surface area contributed by atoms with Crippen LogP contribution in [0, 0.1) is 23.2 Å². The Hall–Kier alpha value is -3.84. The van der Waals surface area contributed by atoms with Crippen LogP contribution in [0.4, 0.5) is 0 Å². The Morgan fingerprint density at radius 1 is 0.980 bits per heavy atom. The number of hydrogen-bond donors (Lipinski definition) is 6. The second kappa shape index (κ2) is 16.5. The summed E-state index contributed by atoms with van der Waals surface area (Å²) >= 11 is 1.52. The van der Waals surface area contributed by atoms with Crippen molar-refractivity contribution in [2.24, 2.45) is 28.9 Å². The minimum absolute atomic E-state index is 0.0420. The maximum Gasteiger partial charge on any atom is 0.311 e. The van der Waals surface area contributed by atoms with Crippen LogP contribution in [-0.2, 0) is 35.1 Å². The quantitative estimate of drug-likeness (QED) is 0.140. The molecular formula is C37H51N5O7S. The van der Waals surface area contributed by atoms with E-state index < -0.39 is 46.8 Å². The van der Waals surface area contributed by atoms with Crippen LogP contribution < -0.4 is 27.0 Å². The lowest BCUT2D eigenvalue weighted by molar-refractivity contribution is -0.173. The molecule has 0 aliphatic heterocycles. The van der Waals surface area contributed by atoms with E-state index in [1.165, 1.54) is 31.0 Å². The van der Waals surface area contributed by atoms with Crippen LogP contribution in [0.5, 0.6) is 5.75 Å². The molecule has 6 rings (SSSR count). The lowest BCUT2D eigenvalue weighted by Gasteiger charge is -2.61. The SMILES string of the molecule is COC(=O)C12CC3CC(CC(NC(=O)[C@H](CC4C=CC=CC4)NC(=O)CNC(=O)[C@@H](CCSC)NC(=O)[C@@H](N)Cc4ccc(O)cc4)(C3)C1)C2. The van der Waals surface area contributed by atoms with Gasteiger partial charge in [0.1, 0.15) is 17.8 Å². The lowest BCUT2D eigenvalue weighted by atomic mass is 9.47. The van der Waals surface area contributed by atoms with Gasteiger partial charge in [0.2, 0.25) is 23.6 Å². The average molecular weight is 710 g/mol. The van der Waals surface area contributed by atoms with Crippen LogP contribution in [0.1, 0.15) is 63.4 Å². The van der Waals surface area contributed by atoms with Crippen LogP contribution in [0.25, 0.3) is 0 Å². The monoisotopic (exact) mass is 709 g/mol. The number of methoxy groups -OCH3 is 1. The number of esters is 1. The molecule has 4 amide bonds. The maximum absolute atomic E-state index is 14.0. The first-order valence-corrected chi connectivity index (χ1v) is 19.0. The van der Waals surface area contributed by atoms with Crippen molar-refractivity contribution in [3.05, 3.63) is 54.1 Å². The van der Waals surface area contributed by atoms with Gasteiger partial charge in [-0.2, -0.15) is 11.8 Å². The number of nitrogens with one attached hydrogen (secondary N) is 4. The topological polar surface area (TPSA) is 189 Å². The van der Waals surface area contributed by atoms with Gasteiger partial charge >= 0.3 is 5.97 Å². The molecule has 0 radical (unpaired) electrons. The number of thioether (sulfide) groups is 1. The number of nitrogens with two attached hydrogens (primary N) is 1. The summed E-state index contributed by atoms with van der Waals surface area (Å²) in [5.74, 6) is -0.626. The molecule has 3 unspecified atom stereocenters. The molecule has 4 bridgehead atoms. The Morgan fingerprint density at radius 3 is 2.34 bits per heavy atom. The molecule has 0 spiro atoms. The molecule has 12 nitrogen and oxygen atoms in total. The Balaban J connectivity index is 1.20. The summed E-state index contributed by atoms with van der Waals surface area (Å²) in [6.07, 6.45) is 16.3. The molecule has 0 saturated heterocycles. The number of carbonyl (C=O) groups is 5. The molecule has 4 fully saturated rings. The van der Waals surface area contributed by atoms with E-state index in [0.29, 0.717) is 36.9 Å². The highest BCUT2D eigenvalue weighted by molar-refractivity contribution is 7.98. The minimum atomic E-state index is -0.924. The molecule has 7 N–H and O–H groups in total. The van der Waals surface area contributed by atoms with Gasteiger partial charge in [0, 0.05) is 5.54 Å². The number of allylic oxidation sites excluding steroid dienone is 4. The van der Waals surface area contributed by atoms with Crippen LogP contribution >= 0.6 is 11.8 Å². The molecule has 6 atom stereocenters. The molecule has 5 aliphatic carbocycles. The van der Waals surface area contributed by atoms with E-state index in [1.807, 2.05) is 30.6 Å². The molecule has 1 aromatic rings. The summed E-state index contributed by atoms with van der Waals surface area (Å²) in [6, 6.07) is 3.69. The van der Waals surface area contributed by atoms with Gasteiger partial charge in [-0.15, -0.1) is 0 Å². The number of amides is 4. The fourth-order valence-electron chi connectivity index (χ4n) is 8.85. The van der Waals surface area contributed by atoms with Gasteiger partial charge in [0.15, 0.2) is 0 Å². The molecule has 1 aromatic carbocycles. The van der Waals surface area contributed by atoms with Crippen LogP contribution in [-0.4, -0.2) is 84.0 Å². The summed E-state index contributed by atoms with van der Waals surface area (Å²) in [6.45, 7) is -0.380. The van der Waals surface area contributed by atoms with E-state index in [1.54, 1.807) is 12.1 Å². The standard InChI is InChI=1S/C37H51N5O7S/c1-49-35(48)36-17-25-14-26(18-36)20-37(19-25,22-36)42-34(47)30(16-23-6-4-3-5-7-23)40-31(44)21-39-33(46)29(12-13-50-2)41-32(45)28(38)15-24-8-10-27(43)11-9-24/h3-6,8-11,23,25-26,28-30,43H,7,12-22,38H2,1-2H3,(H,39,46)(H,40,44)(H,41,45)(H,42,47)/t23?,25?,26?,28-,29+,30-,36?,37?/m0/s1. The summed E-state index contributed by atoms with van der Waals surface area (Å²) in [5, 5.41) is 21.1. The zero-order valence-corrected chi connectivity index (χ0v) is 29.8. The molecule has 0 heterocycles. The highest BCUT2D eigenvalue weighted by Gasteiger charge is 2.61. The van der Waals surface area contributed by atoms with Gasteiger partial charge in [-0.25, -0.2) is 0 Å². The summed E-state index contributed by atoms with van der Waals surface area (Å²) in [7, 11) is 1.43. The van der Waals surface area contributed by atoms with Crippen molar-refractivity contribution in [1.29, 1.82) is 0 Å². The third-order valence-electron chi connectivity index (χ3n) is 10.7. The highest BCUT2D eigenvalue weighted by Crippen LogP contribution is 2.62.